The normalized spacial score (nSPS) is 25.3. The molecule has 6 atom stereocenters. The zero-order chi connectivity index (χ0) is 24.5. The van der Waals surface area contributed by atoms with Crippen molar-refractivity contribution in [2.24, 2.45) is 0 Å². The molecule has 0 aliphatic carbocycles. The fourth-order valence-corrected chi connectivity index (χ4v) is 4.12. The molecule has 3 N–H and O–H groups in total. The van der Waals surface area contributed by atoms with E-state index in [0.29, 0.717) is 0 Å². The Morgan fingerprint density at radius 1 is 0.629 bits per heavy atom. The Balaban J connectivity index is 1.58. The van der Waals surface area contributed by atoms with Crippen molar-refractivity contribution in [2.45, 2.75) is 56.6 Å². The molecule has 1 saturated heterocycles. The molecule has 7 nitrogen and oxygen atoms in total. The van der Waals surface area contributed by atoms with E-state index in [1.807, 2.05) is 91.0 Å². The Morgan fingerprint density at radius 2 is 1.03 bits per heavy atom. The molecule has 1 aliphatic heterocycles. The smallest absolute Gasteiger partial charge is 0.184 e. The Kier molecular flexibility index (Phi) is 9.39. The highest BCUT2D eigenvalue weighted by Gasteiger charge is 2.50. The van der Waals surface area contributed by atoms with Gasteiger partial charge in [0.2, 0.25) is 0 Å². The number of hydrogen-bond donors (Lipinski definition) is 3. The minimum atomic E-state index is -1.39. The van der Waals surface area contributed by atoms with Crippen molar-refractivity contribution in [3.05, 3.63) is 108 Å². The largest absolute Gasteiger partial charge is 0.394 e. The molecule has 4 rings (SSSR count). The lowest BCUT2D eigenvalue weighted by molar-refractivity contribution is -0.325. The van der Waals surface area contributed by atoms with Crippen LogP contribution in [0.4, 0.5) is 0 Å². The summed E-state index contributed by atoms with van der Waals surface area (Å²) in [6.45, 7) is 0.159. The van der Waals surface area contributed by atoms with Crippen molar-refractivity contribution >= 4 is 0 Å². The minimum absolute atomic E-state index is 0.232. The second kappa shape index (κ2) is 12.9. The quantitative estimate of drug-likeness (QED) is 0.388. The van der Waals surface area contributed by atoms with Gasteiger partial charge in [0.25, 0.3) is 0 Å². The van der Waals surface area contributed by atoms with E-state index in [1.165, 1.54) is 0 Å². The first-order valence-electron chi connectivity index (χ1n) is 11.7. The van der Waals surface area contributed by atoms with Gasteiger partial charge in [0.15, 0.2) is 6.29 Å². The van der Waals surface area contributed by atoms with Crippen LogP contribution in [0.3, 0.4) is 0 Å². The van der Waals surface area contributed by atoms with Gasteiger partial charge in [-0.3, -0.25) is 0 Å². The standard InChI is InChI=1S/C28H32O7/c29-16-23(30)24-25(32-17-20-10-4-1-5-11-20)26(33-18-21-12-6-2-7-13-21)27(28(31)35-24)34-19-22-14-8-3-9-15-22/h1-15,23-31H,16-19H2/t23-,24-,25-,26+,27-,28?/m1/s1. The second-order valence-corrected chi connectivity index (χ2v) is 8.52. The van der Waals surface area contributed by atoms with Gasteiger partial charge >= 0.3 is 0 Å². The highest BCUT2D eigenvalue weighted by Crippen LogP contribution is 2.31. The molecule has 186 valence electrons. The zero-order valence-corrected chi connectivity index (χ0v) is 19.4. The molecule has 3 aromatic carbocycles. The molecule has 0 amide bonds. The predicted octanol–water partition coefficient (Wildman–Crippen LogP) is 2.81. The van der Waals surface area contributed by atoms with E-state index in [9.17, 15) is 15.3 Å². The third kappa shape index (κ3) is 6.96. The van der Waals surface area contributed by atoms with E-state index in [-0.39, 0.29) is 19.8 Å². The van der Waals surface area contributed by atoms with Crippen molar-refractivity contribution in [2.75, 3.05) is 6.61 Å². The van der Waals surface area contributed by atoms with Crippen LogP contribution in [0.2, 0.25) is 0 Å². The van der Waals surface area contributed by atoms with E-state index < -0.39 is 43.4 Å². The zero-order valence-electron chi connectivity index (χ0n) is 19.4. The van der Waals surface area contributed by atoms with Crippen LogP contribution < -0.4 is 0 Å². The summed E-state index contributed by atoms with van der Waals surface area (Å²) >= 11 is 0. The number of aliphatic hydroxyl groups excluding tert-OH is 3. The maximum atomic E-state index is 10.9. The lowest BCUT2D eigenvalue weighted by atomic mass is 9.94. The molecule has 3 aromatic rings. The van der Waals surface area contributed by atoms with Gasteiger partial charge < -0.3 is 34.3 Å². The van der Waals surface area contributed by atoms with Crippen LogP contribution >= 0.6 is 0 Å². The monoisotopic (exact) mass is 480 g/mol. The number of aliphatic hydroxyl groups is 3. The molecule has 35 heavy (non-hydrogen) atoms. The SMILES string of the molecule is OC[C@@H](O)[C@H]1OC(O)[C@H](OCc2ccccc2)[C@@H](OCc2ccccc2)[C@@H]1OCc1ccccc1. The number of ether oxygens (including phenoxy) is 4. The van der Waals surface area contributed by atoms with Gasteiger partial charge in [-0.05, 0) is 16.7 Å². The topological polar surface area (TPSA) is 97.6 Å². The summed E-state index contributed by atoms with van der Waals surface area (Å²) in [6.07, 6.45) is -6.16. The summed E-state index contributed by atoms with van der Waals surface area (Å²) in [5, 5.41) is 31.0. The van der Waals surface area contributed by atoms with Gasteiger partial charge in [0.1, 0.15) is 30.5 Å². The van der Waals surface area contributed by atoms with Crippen molar-refractivity contribution in [3.8, 4) is 0 Å². The summed E-state index contributed by atoms with van der Waals surface area (Å²) in [7, 11) is 0. The lowest BCUT2D eigenvalue weighted by Gasteiger charge is -2.45. The van der Waals surface area contributed by atoms with Gasteiger partial charge in [-0.2, -0.15) is 0 Å². The van der Waals surface area contributed by atoms with Crippen LogP contribution in [-0.4, -0.2) is 58.7 Å². The predicted molar refractivity (Wildman–Crippen MR) is 129 cm³/mol. The third-order valence-electron chi connectivity index (χ3n) is 5.97. The first-order chi connectivity index (χ1) is 17.2. The minimum Gasteiger partial charge on any atom is -0.394 e. The third-order valence-corrected chi connectivity index (χ3v) is 5.97. The van der Waals surface area contributed by atoms with Crippen LogP contribution in [0.5, 0.6) is 0 Å². The Bertz CT molecular complexity index is 986. The Hall–Kier alpha value is -2.62. The fourth-order valence-electron chi connectivity index (χ4n) is 4.12. The number of hydrogen-bond acceptors (Lipinski definition) is 7. The van der Waals surface area contributed by atoms with E-state index in [4.69, 9.17) is 18.9 Å². The highest BCUT2D eigenvalue weighted by atomic mass is 16.7. The molecule has 1 aliphatic rings. The second-order valence-electron chi connectivity index (χ2n) is 8.52. The average molecular weight is 481 g/mol. The molecule has 0 spiro atoms. The Morgan fingerprint density at radius 3 is 1.46 bits per heavy atom. The van der Waals surface area contributed by atoms with Gasteiger partial charge in [-0.15, -0.1) is 0 Å². The summed E-state index contributed by atoms with van der Waals surface area (Å²) < 4.78 is 24.3. The van der Waals surface area contributed by atoms with Crippen LogP contribution in [0.25, 0.3) is 0 Å². The summed E-state index contributed by atoms with van der Waals surface area (Å²) in [4.78, 5) is 0. The fraction of sp³-hybridized carbons (Fsp3) is 0.357. The van der Waals surface area contributed by atoms with Crippen LogP contribution in [0, 0.1) is 0 Å². The van der Waals surface area contributed by atoms with Crippen LogP contribution in [0.15, 0.2) is 91.0 Å². The van der Waals surface area contributed by atoms with E-state index in [1.54, 1.807) is 0 Å². The van der Waals surface area contributed by atoms with Gasteiger partial charge in [-0.25, -0.2) is 0 Å². The molecule has 1 fully saturated rings. The van der Waals surface area contributed by atoms with Crippen molar-refractivity contribution in [1.82, 2.24) is 0 Å². The molecule has 0 saturated carbocycles. The molecular weight excluding hydrogens is 448 g/mol. The first kappa shape index (κ1) is 25.5. The van der Waals surface area contributed by atoms with Crippen molar-refractivity contribution in [3.63, 3.8) is 0 Å². The van der Waals surface area contributed by atoms with Gasteiger partial charge in [0.05, 0.1) is 26.4 Å². The van der Waals surface area contributed by atoms with Crippen molar-refractivity contribution in [1.29, 1.82) is 0 Å². The molecule has 7 heteroatoms. The van der Waals surface area contributed by atoms with E-state index in [2.05, 4.69) is 0 Å². The summed E-state index contributed by atoms with van der Waals surface area (Å²) in [5.41, 5.74) is 2.80. The van der Waals surface area contributed by atoms with Gasteiger partial charge in [0, 0.05) is 0 Å². The number of rotatable bonds is 11. The summed E-state index contributed by atoms with van der Waals surface area (Å²) in [6, 6.07) is 28.8. The Labute approximate surface area is 205 Å². The van der Waals surface area contributed by atoms with Crippen LogP contribution in [-0.2, 0) is 38.8 Å². The maximum absolute atomic E-state index is 10.9. The molecule has 1 heterocycles. The molecule has 0 bridgehead atoms. The highest BCUT2D eigenvalue weighted by molar-refractivity contribution is 5.15. The molecule has 1 unspecified atom stereocenters. The number of benzene rings is 3. The molecular formula is C28H32O7. The molecule has 0 aromatic heterocycles. The average Bonchev–Trinajstić information content (AvgIpc) is 2.91. The van der Waals surface area contributed by atoms with Crippen molar-refractivity contribution < 1.29 is 34.3 Å². The van der Waals surface area contributed by atoms with E-state index >= 15 is 0 Å². The van der Waals surface area contributed by atoms with E-state index in [0.717, 1.165) is 16.7 Å². The lowest BCUT2D eigenvalue weighted by Crippen LogP contribution is -2.63. The maximum Gasteiger partial charge on any atom is 0.184 e. The molecule has 0 radical (unpaired) electrons. The van der Waals surface area contributed by atoms with Gasteiger partial charge in [-0.1, -0.05) is 91.0 Å². The van der Waals surface area contributed by atoms with Crippen LogP contribution in [0.1, 0.15) is 16.7 Å². The summed E-state index contributed by atoms with van der Waals surface area (Å²) in [5.74, 6) is 0. The first-order valence-corrected chi connectivity index (χ1v) is 11.7.